The van der Waals surface area contributed by atoms with E-state index in [0.717, 1.165) is 19.3 Å². The van der Waals surface area contributed by atoms with Crippen LogP contribution in [0.15, 0.2) is 11.0 Å². The summed E-state index contributed by atoms with van der Waals surface area (Å²) in [4.78, 5) is 19.0. The standard InChI is InChI=1S/C17H22N4O4/c1-2-3-4-5-6-10-8-21(13-7-11(23)12(9-22)25-13)15-14(10)16(24)20-17(18)19-15/h8,11-13,22-23H,2-4,7,9H2,1H3,(H3,18,19,20,24)/t11-,12+,13-/m0/s1. The lowest BCUT2D eigenvalue weighted by Crippen LogP contribution is -2.24. The van der Waals surface area contributed by atoms with Crippen LogP contribution in [-0.4, -0.2) is 43.6 Å². The lowest BCUT2D eigenvalue weighted by molar-refractivity contribution is -0.0430. The number of aliphatic hydroxyl groups is 2. The number of anilines is 1. The largest absolute Gasteiger partial charge is 0.394 e. The first kappa shape index (κ1) is 17.5. The predicted octanol–water partition coefficient (Wildman–Crippen LogP) is 0.489. The molecule has 1 saturated heterocycles. The highest BCUT2D eigenvalue weighted by Crippen LogP contribution is 2.32. The zero-order valence-electron chi connectivity index (χ0n) is 14.0. The second-order valence-corrected chi connectivity index (χ2v) is 6.12. The van der Waals surface area contributed by atoms with Crippen molar-refractivity contribution < 1.29 is 14.9 Å². The van der Waals surface area contributed by atoms with Crippen LogP contribution in [0, 0.1) is 11.8 Å². The maximum atomic E-state index is 12.3. The number of aliphatic hydroxyl groups excluding tert-OH is 2. The van der Waals surface area contributed by atoms with Gasteiger partial charge in [0.2, 0.25) is 5.95 Å². The van der Waals surface area contributed by atoms with Crippen LogP contribution in [0.4, 0.5) is 5.95 Å². The Morgan fingerprint density at radius 1 is 1.56 bits per heavy atom. The number of H-pyrrole nitrogens is 1. The van der Waals surface area contributed by atoms with Gasteiger partial charge < -0.3 is 25.3 Å². The molecule has 0 amide bonds. The first-order chi connectivity index (χ1) is 12.0. The van der Waals surface area contributed by atoms with Gasteiger partial charge in [0.1, 0.15) is 12.3 Å². The van der Waals surface area contributed by atoms with Crippen molar-refractivity contribution in [1.29, 1.82) is 0 Å². The third-order valence-corrected chi connectivity index (χ3v) is 4.27. The monoisotopic (exact) mass is 346 g/mol. The van der Waals surface area contributed by atoms with Crippen LogP contribution in [0.1, 0.15) is 44.4 Å². The third-order valence-electron chi connectivity index (χ3n) is 4.27. The molecule has 8 heteroatoms. The molecule has 1 aliphatic heterocycles. The minimum absolute atomic E-state index is 0.000374. The summed E-state index contributed by atoms with van der Waals surface area (Å²) in [6, 6.07) is 0. The number of hydrogen-bond donors (Lipinski definition) is 4. The fraction of sp³-hybridized carbons (Fsp3) is 0.529. The normalized spacial score (nSPS) is 22.9. The van der Waals surface area contributed by atoms with Crippen LogP contribution in [0.3, 0.4) is 0 Å². The van der Waals surface area contributed by atoms with Crippen LogP contribution in [0.5, 0.6) is 0 Å². The zero-order chi connectivity index (χ0) is 18.0. The Labute approximate surface area is 144 Å². The summed E-state index contributed by atoms with van der Waals surface area (Å²) in [6.45, 7) is 1.81. The Morgan fingerprint density at radius 3 is 3.04 bits per heavy atom. The van der Waals surface area contributed by atoms with Crippen molar-refractivity contribution in [2.24, 2.45) is 0 Å². The van der Waals surface area contributed by atoms with Gasteiger partial charge in [0.25, 0.3) is 5.56 Å². The molecule has 1 fully saturated rings. The minimum Gasteiger partial charge on any atom is -0.394 e. The first-order valence-electron chi connectivity index (χ1n) is 8.38. The van der Waals surface area contributed by atoms with Gasteiger partial charge in [-0.3, -0.25) is 9.78 Å². The molecular weight excluding hydrogens is 324 g/mol. The fourth-order valence-electron chi connectivity index (χ4n) is 2.96. The van der Waals surface area contributed by atoms with E-state index < -0.39 is 18.4 Å². The van der Waals surface area contributed by atoms with Gasteiger partial charge in [-0.25, -0.2) is 0 Å². The Balaban J connectivity index is 2.06. The summed E-state index contributed by atoms with van der Waals surface area (Å²) in [5.41, 5.74) is 6.22. The maximum Gasteiger partial charge on any atom is 0.263 e. The molecule has 2 aromatic heterocycles. The lowest BCUT2D eigenvalue weighted by Gasteiger charge is -2.14. The number of nitrogens with zero attached hydrogens (tertiary/aromatic N) is 2. The number of unbranched alkanes of at least 4 members (excludes halogenated alkanes) is 2. The molecule has 3 rings (SSSR count). The summed E-state index contributed by atoms with van der Waals surface area (Å²) in [6.07, 6.45) is 2.76. The number of nitrogens with two attached hydrogens (primary N) is 1. The van der Waals surface area contributed by atoms with Crippen LogP contribution in [-0.2, 0) is 4.74 Å². The van der Waals surface area contributed by atoms with E-state index in [2.05, 4.69) is 28.7 Å². The van der Waals surface area contributed by atoms with Crippen LogP contribution < -0.4 is 11.3 Å². The van der Waals surface area contributed by atoms with Crippen LogP contribution in [0.2, 0.25) is 0 Å². The van der Waals surface area contributed by atoms with Crippen molar-refractivity contribution in [2.75, 3.05) is 12.3 Å². The third kappa shape index (κ3) is 3.39. The molecule has 0 saturated carbocycles. The Hall–Kier alpha value is -2.34. The van der Waals surface area contributed by atoms with Crippen molar-refractivity contribution in [3.8, 4) is 11.8 Å². The highest BCUT2D eigenvalue weighted by atomic mass is 16.5. The van der Waals surface area contributed by atoms with Gasteiger partial charge in [-0.1, -0.05) is 25.2 Å². The summed E-state index contributed by atoms with van der Waals surface area (Å²) < 4.78 is 7.33. The topological polar surface area (TPSA) is 126 Å². The van der Waals surface area contributed by atoms with Crippen LogP contribution in [0.25, 0.3) is 11.0 Å². The van der Waals surface area contributed by atoms with Gasteiger partial charge >= 0.3 is 0 Å². The highest BCUT2D eigenvalue weighted by molar-refractivity contribution is 5.83. The first-order valence-corrected chi connectivity index (χ1v) is 8.38. The van der Waals surface area contributed by atoms with E-state index in [9.17, 15) is 15.0 Å². The van der Waals surface area contributed by atoms with Crippen molar-refractivity contribution in [3.05, 3.63) is 22.1 Å². The molecule has 8 nitrogen and oxygen atoms in total. The zero-order valence-corrected chi connectivity index (χ0v) is 14.0. The number of nitrogen functional groups attached to an aromatic ring is 1. The average molecular weight is 346 g/mol. The maximum absolute atomic E-state index is 12.3. The van der Waals surface area contributed by atoms with Crippen molar-refractivity contribution >= 4 is 17.0 Å². The number of aromatic amines is 1. The number of ether oxygens (including phenoxy) is 1. The summed E-state index contributed by atoms with van der Waals surface area (Å²) in [5, 5.41) is 19.6. The van der Waals surface area contributed by atoms with Gasteiger partial charge in [-0.05, 0) is 6.42 Å². The SMILES string of the molecule is CCCCC#Cc1cn([C@@H]2C[C@H](O)[C@@H](CO)O2)c2nc(N)[nH]c(=O)c12. The molecular formula is C17H22N4O4. The second-order valence-electron chi connectivity index (χ2n) is 6.12. The van der Waals surface area contributed by atoms with E-state index in [0.29, 0.717) is 16.6 Å². The molecule has 134 valence electrons. The molecule has 2 aromatic rings. The quantitative estimate of drug-likeness (QED) is 0.471. The van der Waals surface area contributed by atoms with Crippen molar-refractivity contribution in [3.63, 3.8) is 0 Å². The fourth-order valence-corrected chi connectivity index (χ4v) is 2.96. The predicted molar refractivity (Wildman–Crippen MR) is 92.8 cm³/mol. The second kappa shape index (κ2) is 7.27. The van der Waals surface area contributed by atoms with Gasteiger partial charge in [0, 0.05) is 19.0 Å². The number of aromatic nitrogens is 3. The number of fused-ring (bicyclic) bond motifs is 1. The lowest BCUT2D eigenvalue weighted by atomic mass is 10.2. The Bertz CT molecular complexity index is 876. The minimum atomic E-state index is -0.786. The molecule has 25 heavy (non-hydrogen) atoms. The van der Waals surface area contributed by atoms with E-state index in [1.54, 1.807) is 10.8 Å². The molecule has 5 N–H and O–H groups in total. The van der Waals surface area contributed by atoms with Crippen molar-refractivity contribution in [2.45, 2.75) is 51.0 Å². The van der Waals surface area contributed by atoms with Gasteiger partial charge in [0.15, 0.2) is 5.65 Å². The number of nitrogens with one attached hydrogen (secondary N) is 1. The highest BCUT2D eigenvalue weighted by Gasteiger charge is 2.35. The van der Waals surface area contributed by atoms with E-state index in [-0.39, 0.29) is 24.5 Å². The molecule has 0 aromatic carbocycles. The van der Waals surface area contributed by atoms with Gasteiger partial charge in [0.05, 0.1) is 23.7 Å². The van der Waals surface area contributed by atoms with Crippen LogP contribution >= 0.6 is 0 Å². The number of hydrogen-bond acceptors (Lipinski definition) is 6. The summed E-state index contributed by atoms with van der Waals surface area (Å²) in [5.74, 6) is 6.09. The van der Waals surface area contributed by atoms with E-state index >= 15 is 0 Å². The smallest absolute Gasteiger partial charge is 0.263 e. The molecule has 0 aliphatic carbocycles. The van der Waals surface area contributed by atoms with Crippen molar-refractivity contribution in [1.82, 2.24) is 14.5 Å². The summed E-state index contributed by atoms with van der Waals surface area (Å²) in [7, 11) is 0. The average Bonchev–Trinajstić information content (AvgIpc) is 3.12. The molecule has 3 atom stereocenters. The molecule has 0 bridgehead atoms. The molecule has 3 heterocycles. The molecule has 0 radical (unpaired) electrons. The summed E-state index contributed by atoms with van der Waals surface area (Å²) >= 11 is 0. The molecule has 0 unspecified atom stereocenters. The molecule has 0 spiro atoms. The van der Waals surface area contributed by atoms with E-state index in [1.807, 2.05) is 0 Å². The Morgan fingerprint density at radius 2 is 2.36 bits per heavy atom. The van der Waals surface area contributed by atoms with E-state index in [4.69, 9.17) is 10.5 Å². The van der Waals surface area contributed by atoms with Gasteiger partial charge in [-0.2, -0.15) is 4.98 Å². The van der Waals surface area contributed by atoms with Gasteiger partial charge in [-0.15, -0.1) is 0 Å². The molecule has 1 aliphatic rings. The van der Waals surface area contributed by atoms with E-state index in [1.165, 1.54) is 0 Å². The number of rotatable bonds is 4. The Kier molecular flexibility index (Phi) is 5.08.